The zero-order chi connectivity index (χ0) is 30.2. The molecule has 2 amide bonds. The van der Waals surface area contributed by atoms with Crippen molar-refractivity contribution in [2.45, 2.75) is 63.6 Å². The highest BCUT2D eigenvalue weighted by atomic mass is 35.5. The van der Waals surface area contributed by atoms with E-state index in [2.05, 4.69) is 25.3 Å². The van der Waals surface area contributed by atoms with Crippen molar-refractivity contribution in [1.82, 2.24) is 24.9 Å². The molecule has 4 aromatic rings. The maximum absolute atomic E-state index is 14.7. The molecule has 0 radical (unpaired) electrons. The van der Waals surface area contributed by atoms with Gasteiger partial charge in [-0.05, 0) is 63.6 Å². The maximum Gasteiger partial charge on any atom is 0.267 e. The van der Waals surface area contributed by atoms with Crippen molar-refractivity contribution >= 4 is 65.0 Å². The van der Waals surface area contributed by atoms with Gasteiger partial charge in [-0.25, -0.2) is 18.9 Å². The number of nitrogens with two attached hydrogens (primary N) is 3. The highest BCUT2D eigenvalue weighted by Crippen LogP contribution is 2.36. The van der Waals surface area contributed by atoms with Gasteiger partial charge in [-0.1, -0.05) is 6.07 Å². The summed E-state index contributed by atoms with van der Waals surface area (Å²) in [5.41, 5.74) is 19.9. The van der Waals surface area contributed by atoms with E-state index in [9.17, 15) is 14.0 Å². The smallest absolute Gasteiger partial charge is 0.267 e. The van der Waals surface area contributed by atoms with Crippen LogP contribution in [0.25, 0.3) is 16.8 Å². The van der Waals surface area contributed by atoms with Gasteiger partial charge in [0.05, 0.1) is 22.0 Å². The van der Waals surface area contributed by atoms with Gasteiger partial charge < -0.3 is 32.2 Å². The summed E-state index contributed by atoms with van der Waals surface area (Å²) < 4.78 is 22.5. The number of hydrogen-bond donors (Lipinski definition) is 4. The lowest BCUT2D eigenvalue weighted by molar-refractivity contribution is 0.0922. The standard InChI is InChI=1S/C29H34FN9O3S.2ClH/c1-15-36-29(42-19-6-2-4-17(31)11-19)25(43-15)28(41)37-18-5-3-9-38(13-18)23-12-22(39-24(23)26(32)34-14-35-39)16-7-8-20(27(33)40)21(30)10-16;;/h7-8,10,12,14,17-19H,2-6,9,11,13,31H2,1H3,(H2,33,40)(H,37,41)(H2,32,34,35);2*1H/t17-,18-,19+;;/m1../s1. The number of amides is 2. The summed E-state index contributed by atoms with van der Waals surface area (Å²) in [5.74, 6) is -1.15. The summed E-state index contributed by atoms with van der Waals surface area (Å²) in [4.78, 5) is 36.3. The molecule has 1 aromatic carbocycles. The number of thiazole rings is 1. The minimum atomic E-state index is -0.844. The van der Waals surface area contributed by atoms with Crippen molar-refractivity contribution in [2.75, 3.05) is 23.7 Å². The number of halogens is 3. The fraction of sp³-hybridized carbons (Fsp3) is 0.414. The Morgan fingerprint density at radius 3 is 2.69 bits per heavy atom. The van der Waals surface area contributed by atoms with E-state index in [1.165, 1.54) is 29.8 Å². The van der Waals surface area contributed by atoms with Crippen molar-refractivity contribution in [3.63, 3.8) is 0 Å². The number of nitrogens with one attached hydrogen (secondary N) is 1. The molecule has 242 valence electrons. The predicted molar refractivity (Wildman–Crippen MR) is 176 cm³/mol. The van der Waals surface area contributed by atoms with Crippen LogP contribution in [0, 0.1) is 12.7 Å². The lowest BCUT2D eigenvalue weighted by atomic mass is 9.94. The van der Waals surface area contributed by atoms with Crippen molar-refractivity contribution in [1.29, 1.82) is 0 Å². The summed E-state index contributed by atoms with van der Waals surface area (Å²) in [6, 6.07) is 6.03. The monoisotopic (exact) mass is 679 g/mol. The third kappa shape index (κ3) is 7.08. The van der Waals surface area contributed by atoms with E-state index in [0.29, 0.717) is 40.6 Å². The van der Waals surface area contributed by atoms with Crippen LogP contribution in [0.1, 0.15) is 63.6 Å². The molecule has 16 heteroatoms. The molecular weight excluding hydrogens is 644 g/mol. The average molecular weight is 681 g/mol. The molecule has 0 bridgehead atoms. The minimum Gasteiger partial charge on any atom is -0.473 e. The van der Waals surface area contributed by atoms with Gasteiger partial charge in [0.1, 0.15) is 23.8 Å². The molecule has 2 fully saturated rings. The Bertz CT molecular complexity index is 1700. The number of nitrogens with zero attached hydrogens (tertiary/aromatic N) is 5. The number of carbonyl (C=O) groups excluding carboxylic acids is 2. The van der Waals surface area contributed by atoms with Crippen LogP contribution in [0.2, 0.25) is 0 Å². The first-order chi connectivity index (χ1) is 20.7. The summed E-state index contributed by atoms with van der Waals surface area (Å²) in [7, 11) is 0. The van der Waals surface area contributed by atoms with Gasteiger partial charge >= 0.3 is 0 Å². The zero-order valence-electron chi connectivity index (χ0n) is 24.6. The number of benzene rings is 1. The minimum absolute atomic E-state index is 0. The molecular formula is C29H36Cl2FN9O3S. The van der Waals surface area contributed by atoms with Crippen LogP contribution in [0.4, 0.5) is 15.9 Å². The molecule has 1 saturated carbocycles. The van der Waals surface area contributed by atoms with Crippen LogP contribution in [-0.4, -0.2) is 62.7 Å². The van der Waals surface area contributed by atoms with E-state index in [1.54, 1.807) is 10.6 Å². The summed E-state index contributed by atoms with van der Waals surface area (Å²) in [5, 5.41) is 8.32. The Labute approximate surface area is 275 Å². The van der Waals surface area contributed by atoms with Crippen LogP contribution in [0.5, 0.6) is 5.88 Å². The molecule has 45 heavy (non-hydrogen) atoms. The molecule has 1 aliphatic heterocycles. The molecule has 4 heterocycles. The maximum atomic E-state index is 14.7. The molecule has 3 atom stereocenters. The lowest BCUT2D eigenvalue weighted by Crippen LogP contribution is -2.47. The van der Waals surface area contributed by atoms with Gasteiger partial charge in [0.15, 0.2) is 10.7 Å². The molecule has 0 unspecified atom stereocenters. The second-order valence-electron chi connectivity index (χ2n) is 11.2. The third-order valence-electron chi connectivity index (χ3n) is 8.04. The number of ether oxygens (including phenoxy) is 1. The molecule has 1 aliphatic carbocycles. The summed E-state index contributed by atoms with van der Waals surface area (Å²) in [6.45, 7) is 3.09. The van der Waals surface area contributed by atoms with Gasteiger partial charge in [-0.2, -0.15) is 5.10 Å². The van der Waals surface area contributed by atoms with Gasteiger partial charge in [-0.3, -0.25) is 9.59 Å². The van der Waals surface area contributed by atoms with Crippen molar-refractivity contribution < 1.29 is 18.7 Å². The number of aromatic nitrogens is 4. The topological polar surface area (TPSA) is 180 Å². The number of aryl methyl sites for hydroxylation is 1. The van der Waals surface area contributed by atoms with Crippen molar-refractivity contribution in [3.8, 4) is 17.1 Å². The average Bonchev–Trinajstić information content (AvgIpc) is 3.54. The Morgan fingerprint density at radius 2 is 1.96 bits per heavy atom. The first kappa shape index (κ1) is 34.2. The fourth-order valence-corrected chi connectivity index (χ4v) is 6.77. The molecule has 0 spiro atoms. The quantitative estimate of drug-likeness (QED) is 0.225. The lowest BCUT2D eigenvalue weighted by Gasteiger charge is -2.34. The third-order valence-corrected chi connectivity index (χ3v) is 9.00. The van der Waals surface area contributed by atoms with E-state index < -0.39 is 11.7 Å². The Kier molecular flexibility index (Phi) is 10.7. The first-order valence-corrected chi connectivity index (χ1v) is 15.2. The summed E-state index contributed by atoms with van der Waals surface area (Å²) >= 11 is 1.32. The normalized spacial score (nSPS) is 19.8. The van der Waals surface area contributed by atoms with Crippen LogP contribution in [0.15, 0.2) is 30.6 Å². The molecule has 12 nitrogen and oxygen atoms in total. The molecule has 1 saturated heterocycles. The highest BCUT2D eigenvalue weighted by molar-refractivity contribution is 7.13. The van der Waals surface area contributed by atoms with Crippen LogP contribution < -0.4 is 32.2 Å². The molecule has 2 aliphatic rings. The highest BCUT2D eigenvalue weighted by Gasteiger charge is 2.30. The zero-order valence-corrected chi connectivity index (χ0v) is 27.0. The number of piperidine rings is 1. The van der Waals surface area contributed by atoms with Gasteiger partial charge in [0, 0.05) is 30.7 Å². The van der Waals surface area contributed by atoms with Gasteiger partial charge in [-0.15, -0.1) is 36.2 Å². The number of hydrogen-bond acceptors (Lipinski definition) is 10. The first-order valence-electron chi connectivity index (χ1n) is 14.4. The fourth-order valence-electron chi connectivity index (χ4n) is 6.01. The van der Waals surface area contributed by atoms with Crippen LogP contribution in [-0.2, 0) is 0 Å². The van der Waals surface area contributed by atoms with Crippen molar-refractivity contribution in [2.24, 2.45) is 11.5 Å². The number of carbonyl (C=O) groups is 2. The Morgan fingerprint density at radius 1 is 1.16 bits per heavy atom. The SMILES string of the molecule is Cc1nc(O[C@H]2CCC[C@@H](N)C2)c(C(=O)N[C@@H]2CCCN(c3cc(-c4ccc(C(N)=O)c(F)c4)n4ncnc(N)c34)C2)s1.Cl.Cl. The largest absolute Gasteiger partial charge is 0.473 e. The van der Waals surface area contributed by atoms with Gasteiger partial charge in [0.2, 0.25) is 5.88 Å². The number of nitrogen functional groups attached to an aromatic ring is 1. The number of anilines is 2. The molecule has 6 rings (SSSR count). The van der Waals surface area contributed by atoms with E-state index in [-0.39, 0.29) is 60.3 Å². The van der Waals surface area contributed by atoms with E-state index >= 15 is 0 Å². The predicted octanol–water partition coefficient (Wildman–Crippen LogP) is 3.87. The van der Waals surface area contributed by atoms with Crippen molar-refractivity contribution in [3.05, 3.63) is 51.9 Å². The Hall–Kier alpha value is -3.72. The number of rotatable bonds is 7. The van der Waals surface area contributed by atoms with E-state index in [4.69, 9.17) is 21.9 Å². The van der Waals surface area contributed by atoms with Gasteiger partial charge in [0.25, 0.3) is 11.8 Å². The van der Waals surface area contributed by atoms with Crippen LogP contribution in [0.3, 0.4) is 0 Å². The van der Waals surface area contributed by atoms with E-state index in [1.807, 2.05) is 13.0 Å². The van der Waals surface area contributed by atoms with Crippen LogP contribution >= 0.6 is 36.2 Å². The molecule has 7 N–H and O–H groups in total. The van der Waals surface area contributed by atoms with E-state index in [0.717, 1.165) is 49.2 Å². The molecule has 3 aromatic heterocycles. The number of fused-ring (bicyclic) bond motifs is 1. The number of primary amides is 1. The second-order valence-corrected chi connectivity index (χ2v) is 12.4. The Balaban J connectivity index is 0.00000230. The second kappa shape index (κ2) is 14.1. The summed E-state index contributed by atoms with van der Waals surface area (Å²) in [6.07, 6.45) is 6.51.